The number of carbonyl (C=O) groups is 1. The molecule has 0 saturated heterocycles. The number of hydrogen-bond acceptors (Lipinski definition) is 3. The van der Waals surface area contributed by atoms with E-state index in [1.54, 1.807) is 0 Å². The van der Waals surface area contributed by atoms with Crippen LogP contribution in [0.25, 0.3) is 10.9 Å². The van der Waals surface area contributed by atoms with Gasteiger partial charge in [0, 0.05) is 35.8 Å². The standard InChI is InChI=1S/C16H19N3O/c1-11-10-15(13-4-2-3-5-14(13)19-11)17-8-9-18-16(20)12-6-7-12/h2-5,10,12H,6-9H2,1H3,(H,17,19)(H,18,20). The molecule has 1 heterocycles. The molecule has 2 N–H and O–H groups in total. The fourth-order valence-corrected chi connectivity index (χ4v) is 2.33. The third-order valence-electron chi connectivity index (χ3n) is 3.53. The van der Waals surface area contributed by atoms with Crippen LogP contribution < -0.4 is 10.6 Å². The summed E-state index contributed by atoms with van der Waals surface area (Å²) in [5.41, 5.74) is 3.07. The molecule has 1 aliphatic carbocycles. The van der Waals surface area contributed by atoms with Crippen molar-refractivity contribution in [2.45, 2.75) is 19.8 Å². The predicted molar refractivity (Wildman–Crippen MR) is 80.7 cm³/mol. The van der Waals surface area contributed by atoms with Crippen molar-refractivity contribution in [3.05, 3.63) is 36.0 Å². The second-order valence-corrected chi connectivity index (χ2v) is 5.32. The first-order chi connectivity index (χ1) is 9.74. The molecule has 0 radical (unpaired) electrons. The fourth-order valence-electron chi connectivity index (χ4n) is 2.33. The highest BCUT2D eigenvalue weighted by Crippen LogP contribution is 2.28. The number of anilines is 1. The Labute approximate surface area is 118 Å². The maximum atomic E-state index is 11.5. The highest BCUT2D eigenvalue weighted by Gasteiger charge is 2.28. The Morgan fingerprint density at radius 3 is 2.90 bits per heavy atom. The minimum Gasteiger partial charge on any atom is -0.383 e. The molecule has 20 heavy (non-hydrogen) atoms. The second kappa shape index (κ2) is 5.49. The minimum absolute atomic E-state index is 0.197. The molecule has 1 aromatic heterocycles. The summed E-state index contributed by atoms with van der Waals surface area (Å²) < 4.78 is 0. The number of aryl methyl sites for hydroxylation is 1. The van der Waals surface area contributed by atoms with Gasteiger partial charge in [-0.3, -0.25) is 9.78 Å². The number of nitrogens with zero attached hydrogens (tertiary/aromatic N) is 1. The molecular formula is C16H19N3O. The number of amides is 1. The molecule has 0 spiro atoms. The summed E-state index contributed by atoms with van der Waals surface area (Å²) in [4.78, 5) is 16.0. The molecule has 104 valence electrons. The summed E-state index contributed by atoms with van der Waals surface area (Å²) >= 11 is 0. The molecule has 1 saturated carbocycles. The number of pyridine rings is 1. The van der Waals surface area contributed by atoms with Gasteiger partial charge in [0.2, 0.25) is 5.91 Å². The minimum atomic E-state index is 0.197. The van der Waals surface area contributed by atoms with Gasteiger partial charge in [-0.25, -0.2) is 0 Å². The van der Waals surface area contributed by atoms with E-state index in [1.807, 2.05) is 31.2 Å². The molecule has 0 bridgehead atoms. The average molecular weight is 269 g/mol. The molecule has 3 rings (SSSR count). The topological polar surface area (TPSA) is 54.0 Å². The summed E-state index contributed by atoms with van der Waals surface area (Å²) in [5.74, 6) is 0.474. The van der Waals surface area contributed by atoms with Gasteiger partial charge in [-0.15, -0.1) is 0 Å². The van der Waals surface area contributed by atoms with Gasteiger partial charge in [-0.1, -0.05) is 18.2 Å². The van der Waals surface area contributed by atoms with Gasteiger partial charge in [0.15, 0.2) is 0 Å². The Balaban J connectivity index is 1.63. The van der Waals surface area contributed by atoms with Crippen LogP contribution in [0, 0.1) is 12.8 Å². The molecule has 2 aromatic rings. The number of nitrogens with one attached hydrogen (secondary N) is 2. The lowest BCUT2D eigenvalue weighted by molar-refractivity contribution is -0.122. The van der Waals surface area contributed by atoms with Gasteiger partial charge < -0.3 is 10.6 Å². The lowest BCUT2D eigenvalue weighted by atomic mass is 10.1. The number of fused-ring (bicyclic) bond motifs is 1. The van der Waals surface area contributed by atoms with Crippen LogP contribution in [-0.4, -0.2) is 24.0 Å². The van der Waals surface area contributed by atoms with Gasteiger partial charge in [-0.05, 0) is 31.9 Å². The van der Waals surface area contributed by atoms with E-state index in [2.05, 4.69) is 21.7 Å². The SMILES string of the molecule is Cc1cc(NCCNC(=O)C2CC2)c2ccccc2n1. The average Bonchev–Trinajstić information content (AvgIpc) is 3.27. The Hall–Kier alpha value is -2.10. The molecule has 4 heteroatoms. The van der Waals surface area contributed by atoms with Gasteiger partial charge >= 0.3 is 0 Å². The van der Waals surface area contributed by atoms with Crippen LogP contribution in [0.4, 0.5) is 5.69 Å². The third kappa shape index (κ3) is 2.90. The van der Waals surface area contributed by atoms with Crippen LogP contribution in [-0.2, 0) is 4.79 Å². The van der Waals surface area contributed by atoms with E-state index in [0.29, 0.717) is 6.54 Å². The van der Waals surface area contributed by atoms with Crippen molar-refractivity contribution in [1.29, 1.82) is 0 Å². The first kappa shape index (κ1) is 12.9. The second-order valence-electron chi connectivity index (χ2n) is 5.32. The maximum Gasteiger partial charge on any atom is 0.223 e. The number of benzene rings is 1. The Morgan fingerprint density at radius 2 is 2.10 bits per heavy atom. The van der Waals surface area contributed by atoms with E-state index in [1.165, 1.54) is 0 Å². The Kier molecular flexibility index (Phi) is 3.54. The molecule has 4 nitrogen and oxygen atoms in total. The van der Waals surface area contributed by atoms with Crippen LogP contribution in [0.2, 0.25) is 0 Å². The van der Waals surface area contributed by atoms with Crippen molar-refractivity contribution in [3.63, 3.8) is 0 Å². The molecular weight excluding hydrogens is 250 g/mol. The van der Waals surface area contributed by atoms with E-state index in [-0.39, 0.29) is 11.8 Å². The summed E-state index contributed by atoms with van der Waals surface area (Å²) in [6, 6.07) is 10.1. The zero-order chi connectivity index (χ0) is 13.9. The van der Waals surface area contributed by atoms with E-state index >= 15 is 0 Å². The molecule has 1 amide bonds. The quantitative estimate of drug-likeness (QED) is 0.820. The van der Waals surface area contributed by atoms with Crippen molar-refractivity contribution in [2.75, 3.05) is 18.4 Å². The van der Waals surface area contributed by atoms with Crippen molar-refractivity contribution in [3.8, 4) is 0 Å². The van der Waals surface area contributed by atoms with E-state index in [0.717, 1.165) is 41.7 Å². The molecule has 0 aliphatic heterocycles. The van der Waals surface area contributed by atoms with Crippen molar-refractivity contribution in [1.82, 2.24) is 10.3 Å². The van der Waals surface area contributed by atoms with Gasteiger partial charge in [0.05, 0.1) is 5.52 Å². The number of carbonyl (C=O) groups excluding carboxylic acids is 1. The zero-order valence-electron chi connectivity index (χ0n) is 11.6. The highest BCUT2D eigenvalue weighted by atomic mass is 16.2. The van der Waals surface area contributed by atoms with Crippen LogP contribution >= 0.6 is 0 Å². The Bertz CT molecular complexity index is 635. The first-order valence-electron chi connectivity index (χ1n) is 7.12. The largest absolute Gasteiger partial charge is 0.383 e. The number of aromatic nitrogens is 1. The third-order valence-corrected chi connectivity index (χ3v) is 3.53. The molecule has 1 aliphatic rings. The van der Waals surface area contributed by atoms with Crippen LogP contribution in [0.1, 0.15) is 18.5 Å². The zero-order valence-corrected chi connectivity index (χ0v) is 11.6. The van der Waals surface area contributed by atoms with Gasteiger partial charge in [0.25, 0.3) is 0 Å². The monoisotopic (exact) mass is 269 g/mol. The lowest BCUT2D eigenvalue weighted by Gasteiger charge is -2.11. The smallest absolute Gasteiger partial charge is 0.223 e. The van der Waals surface area contributed by atoms with Crippen LogP contribution in [0.5, 0.6) is 0 Å². The van der Waals surface area contributed by atoms with Gasteiger partial charge in [-0.2, -0.15) is 0 Å². The molecule has 1 fully saturated rings. The normalized spacial score (nSPS) is 14.2. The van der Waals surface area contributed by atoms with E-state index < -0.39 is 0 Å². The molecule has 1 aromatic carbocycles. The summed E-state index contributed by atoms with van der Waals surface area (Å²) in [6.45, 7) is 3.38. The summed E-state index contributed by atoms with van der Waals surface area (Å²) in [6.07, 6.45) is 2.10. The number of hydrogen-bond donors (Lipinski definition) is 2. The van der Waals surface area contributed by atoms with Crippen molar-refractivity contribution in [2.24, 2.45) is 5.92 Å². The van der Waals surface area contributed by atoms with Crippen molar-refractivity contribution >= 4 is 22.5 Å². The fraction of sp³-hybridized carbons (Fsp3) is 0.375. The maximum absolute atomic E-state index is 11.5. The van der Waals surface area contributed by atoms with Gasteiger partial charge in [0.1, 0.15) is 0 Å². The van der Waals surface area contributed by atoms with E-state index in [9.17, 15) is 4.79 Å². The van der Waals surface area contributed by atoms with Crippen LogP contribution in [0.3, 0.4) is 0 Å². The Morgan fingerprint density at radius 1 is 1.30 bits per heavy atom. The highest BCUT2D eigenvalue weighted by molar-refractivity contribution is 5.91. The molecule has 0 unspecified atom stereocenters. The van der Waals surface area contributed by atoms with E-state index in [4.69, 9.17) is 0 Å². The first-order valence-corrected chi connectivity index (χ1v) is 7.12. The molecule has 0 atom stereocenters. The van der Waals surface area contributed by atoms with Crippen molar-refractivity contribution < 1.29 is 4.79 Å². The number of para-hydroxylation sites is 1. The lowest BCUT2D eigenvalue weighted by Crippen LogP contribution is -2.29. The summed E-state index contributed by atoms with van der Waals surface area (Å²) in [7, 11) is 0. The number of rotatable bonds is 5. The van der Waals surface area contributed by atoms with Crippen LogP contribution in [0.15, 0.2) is 30.3 Å². The summed E-state index contributed by atoms with van der Waals surface area (Å²) in [5, 5.41) is 7.47. The predicted octanol–water partition coefficient (Wildman–Crippen LogP) is 2.48.